The first-order valence-electron chi connectivity index (χ1n) is 28.2. The molecule has 82 heavy (non-hydrogen) atoms. The van der Waals surface area contributed by atoms with Crippen molar-refractivity contribution >= 4 is 29.0 Å². The third-order valence-corrected chi connectivity index (χ3v) is 16.4. The van der Waals surface area contributed by atoms with Crippen LogP contribution >= 0.6 is 0 Å². The van der Waals surface area contributed by atoms with E-state index in [2.05, 4.69) is 117 Å². The number of carbonyl (C=O) groups is 2. The Bertz CT molecular complexity index is 3490. The van der Waals surface area contributed by atoms with Crippen molar-refractivity contribution in [1.82, 2.24) is 30.0 Å². The van der Waals surface area contributed by atoms with Crippen LogP contribution in [0.15, 0.2) is 164 Å². The minimum atomic E-state index is -1.26. The number of aromatic nitrogens is 4. The number of fused-ring (bicyclic) bond motifs is 3. The minimum Gasteiger partial charge on any atom is -0.488 e. The molecule has 1 unspecified atom stereocenters. The Morgan fingerprint density at radius 3 is 2.12 bits per heavy atom. The molecule has 1 aliphatic carbocycles. The van der Waals surface area contributed by atoms with E-state index < -0.39 is 29.1 Å². The van der Waals surface area contributed by atoms with Crippen molar-refractivity contribution in [2.75, 3.05) is 60.6 Å². The van der Waals surface area contributed by atoms with Gasteiger partial charge in [0.1, 0.15) is 59.3 Å². The molecule has 8 aromatic rings. The highest BCUT2D eigenvalue weighted by molar-refractivity contribution is 5.96. The zero-order valence-electron chi connectivity index (χ0n) is 46.5. The second kappa shape index (κ2) is 22.8. The lowest BCUT2D eigenvalue weighted by atomic mass is 9.88. The van der Waals surface area contributed by atoms with Gasteiger partial charge in [0.05, 0.1) is 19.2 Å². The number of amides is 3. The van der Waals surface area contributed by atoms with Gasteiger partial charge in [0.25, 0.3) is 5.91 Å². The van der Waals surface area contributed by atoms with E-state index in [1.807, 2.05) is 72.2 Å². The molecule has 0 bridgehead atoms. The quantitative estimate of drug-likeness (QED) is 0.0803. The van der Waals surface area contributed by atoms with Crippen molar-refractivity contribution in [3.63, 3.8) is 0 Å². The third kappa shape index (κ3) is 11.3. The number of nitrogens with one attached hydrogen (secondary N) is 2. The van der Waals surface area contributed by atoms with E-state index in [0.29, 0.717) is 36.2 Å². The summed E-state index contributed by atoms with van der Waals surface area (Å²) in [5.41, 5.74) is 9.19. The smallest absolute Gasteiger partial charge is 0.325 e. The van der Waals surface area contributed by atoms with Gasteiger partial charge in [0, 0.05) is 92.2 Å². The number of ether oxygens (including phenoxy) is 4. The fraction of sp³-hybridized carbons (Fsp3) is 0.323. The predicted molar refractivity (Wildman–Crippen MR) is 310 cm³/mol. The number of H-pyrrole nitrogens is 1. The standard InChI is InChI=1S/C65H67F2N9O6/c1-43(2)75-37-60(45-15-13-44(14-16-45)35-70-62(77)59-34-51(36-69-59)81-64(3,4)28-27-56-54-11-7-5-9-52(54)53-10-6-8-12-55(53)56)76(63(75)78)49-20-18-47(19-21-49)72-29-31-73(32-30-72)48-22-24-50(25-23-48)79-38-61-80-40-65(82-61,39-74-42-68-41-71-74)57-26-17-46(66)33-58(57)67/h5-26,33-34,36,41-43,56,60-61,69H,27-32,35,37-40H2,1-4H3,(H,70,77)/t60?,61-,65+/m0/s1. The fourth-order valence-electron chi connectivity index (χ4n) is 12.1. The Labute approximate surface area is 476 Å². The van der Waals surface area contributed by atoms with Crippen molar-refractivity contribution < 1.29 is 37.3 Å². The highest BCUT2D eigenvalue weighted by Gasteiger charge is 2.46. The summed E-state index contributed by atoms with van der Waals surface area (Å²) in [5.74, 6) is -0.0717. The maximum absolute atomic E-state index is 15.1. The first-order valence-corrected chi connectivity index (χ1v) is 28.2. The van der Waals surface area contributed by atoms with Crippen LogP contribution in [0.2, 0.25) is 0 Å². The van der Waals surface area contributed by atoms with Gasteiger partial charge < -0.3 is 43.9 Å². The van der Waals surface area contributed by atoms with Gasteiger partial charge in [-0.15, -0.1) is 0 Å². The number of nitrogens with zero attached hydrogens (tertiary/aromatic N) is 7. The van der Waals surface area contributed by atoms with Crippen molar-refractivity contribution in [2.24, 2.45) is 0 Å². The van der Waals surface area contributed by atoms with Crippen molar-refractivity contribution in [2.45, 2.75) is 89.1 Å². The molecule has 422 valence electrons. The number of halogens is 2. The number of aromatic amines is 1. The average Bonchev–Trinajstić information content (AvgIpc) is 4.46. The molecule has 3 atom stereocenters. The van der Waals surface area contributed by atoms with Crippen LogP contribution in [0.25, 0.3) is 11.1 Å². The second-order valence-corrected chi connectivity index (χ2v) is 22.6. The maximum atomic E-state index is 15.1. The number of urea groups is 1. The van der Waals surface area contributed by atoms with Crippen LogP contribution in [0.5, 0.6) is 11.5 Å². The summed E-state index contributed by atoms with van der Waals surface area (Å²) in [6.45, 7) is 12.6. The average molecular weight is 1110 g/mol. The highest BCUT2D eigenvalue weighted by Crippen LogP contribution is 2.48. The summed E-state index contributed by atoms with van der Waals surface area (Å²) >= 11 is 0. The molecule has 0 spiro atoms. The summed E-state index contributed by atoms with van der Waals surface area (Å²) in [6.07, 6.45) is 5.60. The largest absolute Gasteiger partial charge is 0.488 e. The Hall–Kier alpha value is -8.54. The topological polar surface area (TPSA) is 143 Å². The van der Waals surface area contributed by atoms with E-state index in [9.17, 15) is 14.0 Å². The molecule has 6 aromatic carbocycles. The first kappa shape index (κ1) is 54.1. The molecule has 4 aliphatic rings. The molecule has 3 aliphatic heterocycles. The molecular formula is C65H67F2N9O6. The number of piperazine rings is 1. The Morgan fingerprint density at radius 1 is 0.817 bits per heavy atom. The molecule has 3 saturated heterocycles. The molecule has 12 rings (SSSR count). The van der Waals surface area contributed by atoms with Gasteiger partial charge in [-0.05, 0) is 129 Å². The van der Waals surface area contributed by atoms with Crippen molar-refractivity contribution in [1.29, 1.82) is 0 Å². The Morgan fingerprint density at radius 2 is 1.48 bits per heavy atom. The lowest BCUT2D eigenvalue weighted by Gasteiger charge is -2.37. The van der Waals surface area contributed by atoms with Gasteiger partial charge in [-0.25, -0.2) is 23.2 Å². The van der Waals surface area contributed by atoms with Gasteiger partial charge in [-0.3, -0.25) is 9.69 Å². The summed E-state index contributed by atoms with van der Waals surface area (Å²) in [5, 5.41) is 7.22. The number of rotatable bonds is 19. The Kier molecular flexibility index (Phi) is 15.0. The van der Waals surface area contributed by atoms with Gasteiger partial charge in [-0.1, -0.05) is 78.9 Å². The molecule has 17 heteroatoms. The predicted octanol–water partition coefficient (Wildman–Crippen LogP) is 11.6. The van der Waals surface area contributed by atoms with E-state index in [4.69, 9.17) is 18.9 Å². The van der Waals surface area contributed by atoms with Crippen LogP contribution in [0, 0.1) is 11.6 Å². The number of benzene rings is 6. The van der Waals surface area contributed by atoms with Crippen molar-refractivity contribution in [3.8, 4) is 22.6 Å². The molecule has 2 N–H and O–H groups in total. The van der Waals surface area contributed by atoms with Gasteiger partial charge >= 0.3 is 6.03 Å². The first-order chi connectivity index (χ1) is 39.8. The normalized spacial score (nSPS) is 19.0. The maximum Gasteiger partial charge on any atom is 0.325 e. The zero-order valence-corrected chi connectivity index (χ0v) is 46.5. The number of hydrogen-bond acceptors (Lipinski definition) is 10. The van der Waals surface area contributed by atoms with Crippen LogP contribution in [0.3, 0.4) is 0 Å². The molecule has 3 amide bonds. The summed E-state index contributed by atoms with van der Waals surface area (Å²) < 4.78 is 55.3. The molecule has 0 saturated carbocycles. The van der Waals surface area contributed by atoms with E-state index in [0.717, 1.165) is 73.3 Å². The second-order valence-electron chi connectivity index (χ2n) is 22.6. The minimum absolute atomic E-state index is 0.0122. The zero-order chi connectivity index (χ0) is 56.5. The molecular weight excluding hydrogens is 1040 g/mol. The van der Waals surface area contributed by atoms with E-state index in [-0.39, 0.29) is 49.3 Å². The summed E-state index contributed by atoms with van der Waals surface area (Å²) in [6, 6.07) is 46.7. The van der Waals surface area contributed by atoms with Crippen LogP contribution in [-0.2, 0) is 28.2 Å². The number of anilines is 3. The Balaban J connectivity index is 0.616. The summed E-state index contributed by atoms with van der Waals surface area (Å²) in [7, 11) is 0. The third-order valence-electron chi connectivity index (χ3n) is 16.4. The lowest BCUT2D eigenvalue weighted by molar-refractivity contribution is -0.117. The number of carbonyl (C=O) groups excluding carboxylic acids is 2. The molecule has 3 fully saturated rings. The highest BCUT2D eigenvalue weighted by atomic mass is 19.1. The van der Waals surface area contributed by atoms with E-state index >= 15 is 4.39 Å². The van der Waals surface area contributed by atoms with Gasteiger partial charge in [0.15, 0.2) is 6.29 Å². The fourth-order valence-corrected chi connectivity index (χ4v) is 12.1. The monoisotopic (exact) mass is 1110 g/mol. The molecule has 5 heterocycles. The van der Waals surface area contributed by atoms with Gasteiger partial charge in [0.2, 0.25) is 0 Å². The lowest BCUT2D eigenvalue weighted by Crippen LogP contribution is -2.46. The van der Waals surface area contributed by atoms with Crippen LogP contribution in [0.4, 0.5) is 30.6 Å². The van der Waals surface area contributed by atoms with Crippen molar-refractivity contribution in [3.05, 3.63) is 210 Å². The van der Waals surface area contributed by atoms with E-state index in [1.165, 1.54) is 51.7 Å². The van der Waals surface area contributed by atoms with Gasteiger partial charge in [-0.2, -0.15) is 5.10 Å². The van der Waals surface area contributed by atoms with Crippen LogP contribution in [-0.4, -0.2) is 100 Å². The molecule has 0 radical (unpaired) electrons. The number of hydrogen-bond donors (Lipinski definition) is 2. The molecule has 15 nitrogen and oxygen atoms in total. The van der Waals surface area contributed by atoms with Crippen LogP contribution < -0.4 is 29.5 Å². The van der Waals surface area contributed by atoms with E-state index in [1.54, 1.807) is 12.3 Å². The SMILES string of the molecule is CC(C)N1CC(c2ccc(CNC(=O)c3cc(OC(C)(C)CCC4c5ccccc5-c5ccccc54)c[nH]3)cc2)N(c2ccc(N3CCN(c4ccc(OC[C@H]5OC[C@](Cn6cncn6)(c6ccc(F)cc6F)O5)cc4)CC3)cc2)C1=O. The molecule has 2 aromatic heterocycles. The summed E-state index contributed by atoms with van der Waals surface area (Å²) in [4.78, 5) is 43.1. The van der Waals surface area contributed by atoms with Crippen LogP contribution in [0.1, 0.15) is 90.8 Å².